The third kappa shape index (κ3) is 9.93. The lowest BCUT2D eigenvalue weighted by atomic mass is 9.84. The van der Waals surface area contributed by atoms with E-state index in [1.807, 2.05) is 13.0 Å². The third-order valence-corrected chi connectivity index (χ3v) is 9.97. The number of hydrogen-bond donors (Lipinski definition) is 4. The molecule has 1 fully saturated rings. The number of rotatable bonds is 13. The Balaban J connectivity index is 1.47. The number of amides is 1. The number of ether oxygens (including phenoxy) is 3. The van der Waals surface area contributed by atoms with Crippen LogP contribution in [0.3, 0.4) is 0 Å². The van der Waals surface area contributed by atoms with E-state index < -0.39 is 35.7 Å². The predicted molar refractivity (Wildman–Crippen MR) is 208 cm³/mol. The number of aliphatic hydroxyl groups excluding tert-OH is 1. The number of nitrogens with one attached hydrogen (secondary N) is 3. The number of aliphatic hydroxyl groups is 1. The number of pyridine rings is 1. The highest BCUT2D eigenvalue weighted by Gasteiger charge is 2.33. The average Bonchev–Trinajstić information content (AvgIpc) is 3.45. The molecule has 13 heteroatoms. The number of alkyl carbamates (subject to hydrolysis) is 1. The first-order valence-electron chi connectivity index (χ1n) is 19.0. The van der Waals surface area contributed by atoms with Gasteiger partial charge in [0.25, 0.3) is 0 Å². The summed E-state index contributed by atoms with van der Waals surface area (Å²) in [4.78, 5) is 46.1. The first-order chi connectivity index (χ1) is 25.6. The van der Waals surface area contributed by atoms with E-state index >= 15 is 0 Å². The van der Waals surface area contributed by atoms with Crippen molar-refractivity contribution in [2.24, 2.45) is 5.41 Å². The van der Waals surface area contributed by atoms with Crippen LogP contribution in [-0.2, 0) is 36.8 Å². The van der Waals surface area contributed by atoms with E-state index in [9.17, 15) is 19.5 Å². The highest BCUT2D eigenvalue weighted by molar-refractivity contribution is 5.95. The molecule has 1 aromatic carbocycles. The molecule has 0 radical (unpaired) electrons. The lowest BCUT2D eigenvalue weighted by Gasteiger charge is -2.31. The highest BCUT2D eigenvalue weighted by Crippen LogP contribution is 2.41. The number of aromatic nitrogens is 2. The Morgan fingerprint density at radius 1 is 1.15 bits per heavy atom. The maximum absolute atomic E-state index is 13.5. The summed E-state index contributed by atoms with van der Waals surface area (Å²) < 4.78 is 18.8. The lowest BCUT2D eigenvalue weighted by molar-refractivity contribution is -0.163. The van der Waals surface area contributed by atoms with Gasteiger partial charge in [-0.3, -0.25) is 15.3 Å². The molecule has 13 nitrogen and oxygen atoms in total. The second-order valence-electron chi connectivity index (χ2n) is 16.1. The van der Waals surface area contributed by atoms with Crippen LogP contribution in [0, 0.1) is 5.41 Å². The van der Waals surface area contributed by atoms with Gasteiger partial charge >= 0.3 is 18.0 Å². The first kappa shape index (κ1) is 41.0. The lowest BCUT2D eigenvalue weighted by Crippen LogP contribution is -2.54. The number of nitrogens with zero attached hydrogens (tertiary/aromatic N) is 3. The number of carbonyl (C=O) groups excluding carboxylic acids is 3. The second-order valence-corrected chi connectivity index (χ2v) is 16.1. The van der Waals surface area contributed by atoms with E-state index in [1.54, 1.807) is 34.1 Å². The van der Waals surface area contributed by atoms with Crippen LogP contribution < -0.4 is 16.2 Å². The van der Waals surface area contributed by atoms with E-state index in [4.69, 9.17) is 19.2 Å². The van der Waals surface area contributed by atoms with Gasteiger partial charge in [0.1, 0.15) is 17.7 Å². The molecule has 0 spiro atoms. The van der Waals surface area contributed by atoms with Gasteiger partial charge in [-0.2, -0.15) is 0 Å². The summed E-state index contributed by atoms with van der Waals surface area (Å²) in [7, 11) is 1.69. The van der Waals surface area contributed by atoms with Gasteiger partial charge in [-0.25, -0.2) is 19.8 Å². The van der Waals surface area contributed by atoms with E-state index in [0.717, 1.165) is 63.9 Å². The minimum atomic E-state index is -1.14. The molecule has 2 aliphatic heterocycles. The first-order valence-corrected chi connectivity index (χ1v) is 19.0. The zero-order chi connectivity index (χ0) is 39.2. The maximum Gasteiger partial charge on any atom is 0.408 e. The van der Waals surface area contributed by atoms with Crippen LogP contribution in [0.15, 0.2) is 42.6 Å². The molecule has 54 heavy (non-hydrogen) atoms. The van der Waals surface area contributed by atoms with Crippen molar-refractivity contribution in [2.75, 3.05) is 39.9 Å². The van der Waals surface area contributed by atoms with Gasteiger partial charge in [-0.15, -0.1) is 0 Å². The maximum atomic E-state index is 13.5. The monoisotopic (exact) mass is 746 g/mol. The average molecular weight is 747 g/mol. The van der Waals surface area contributed by atoms with Crippen molar-refractivity contribution in [1.29, 1.82) is 0 Å². The molecule has 4 heterocycles. The number of benzene rings is 1. The molecular formula is C41H58N6O7. The van der Waals surface area contributed by atoms with Crippen molar-refractivity contribution in [3.63, 3.8) is 0 Å². The normalized spacial score (nSPS) is 18.2. The fraction of sp³-hybridized carbons (Fsp3) is 0.561. The third-order valence-electron chi connectivity index (χ3n) is 9.97. The molecule has 1 amide bonds. The summed E-state index contributed by atoms with van der Waals surface area (Å²) in [6.07, 6.45) is 5.67. The molecule has 4 N–H and O–H groups in total. The van der Waals surface area contributed by atoms with Gasteiger partial charge < -0.3 is 29.2 Å². The zero-order valence-corrected chi connectivity index (χ0v) is 33.1. The van der Waals surface area contributed by atoms with Crippen LogP contribution in [-0.4, -0.2) is 95.2 Å². The van der Waals surface area contributed by atoms with Crippen molar-refractivity contribution >= 4 is 34.5 Å². The van der Waals surface area contributed by atoms with Crippen LogP contribution in [0.2, 0.25) is 0 Å². The zero-order valence-electron chi connectivity index (χ0n) is 33.1. The summed E-state index contributed by atoms with van der Waals surface area (Å²) in [6, 6.07) is 8.77. The summed E-state index contributed by atoms with van der Waals surface area (Å²) in [6.45, 7) is 16.2. The molecule has 1 saturated heterocycles. The summed E-state index contributed by atoms with van der Waals surface area (Å²) in [5.74, 6) is -1.53. The minimum Gasteiger partial charge on any atom is -0.444 e. The molecule has 294 valence electrons. The molecule has 0 unspecified atom stereocenters. The number of fused-ring (bicyclic) bond motifs is 1. The van der Waals surface area contributed by atoms with Crippen LogP contribution in [0.1, 0.15) is 90.7 Å². The Hall–Kier alpha value is -4.14. The highest BCUT2D eigenvalue weighted by atomic mass is 16.6. The topological polar surface area (TPSA) is 156 Å². The van der Waals surface area contributed by atoms with E-state index in [1.165, 1.54) is 0 Å². The number of aryl methyl sites for hydroxylation is 1. The Labute approximate surface area is 318 Å². The van der Waals surface area contributed by atoms with Crippen molar-refractivity contribution in [3.05, 3.63) is 59.4 Å². The van der Waals surface area contributed by atoms with E-state index in [0.29, 0.717) is 32.5 Å². The quantitative estimate of drug-likeness (QED) is 0.133. The van der Waals surface area contributed by atoms with Crippen LogP contribution >= 0.6 is 0 Å². The van der Waals surface area contributed by atoms with Crippen molar-refractivity contribution < 1.29 is 33.7 Å². The number of hydrogen-bond acceptors (Lipinski definition) is 11. The number of esters is 2. The molecule has 3 atom stereocenters. The molecule has 0 saturated carbocycles. The van der Waals surface area contributed by atoms with Crippen LogP contribution in [0.4, 0.5) is 4.79 Å². The fourth-order valence-corrected chi connectivity index (χ4v) is 7.17. The standard InChI is InChI=1S/C41H58N6O7/c1-9-47-34-17-16-27(21-30(34)31(22-41(6,7)25-48)36(47)29-14-10-18-42-35(29)26(2)52-8)28-13-12-20-46(23-28)24-33(44-39(51)54-40(3,4)5)38(50)53-37(49)32-15-11-19-43-45-32/h10,13-14,16-18,21,26,32-33,43,45,48H,9,11-12,15,19-20,22-25H2,1-8H3,(H,44,51)/t26-,32-,33-/m0/s1. The molecule has 5 rings (SSSR count). The van der Waals surface area contributed by atoms with E-state index in [2.05, 4.69) is 76.7 Å². The Kier molecular flexibility index (Phi) is 13.3. The fourth-order valence-electron chi connectivity index (χ4n) is 7.17. The van der Waals surface area contributed by atoms with Gasteiger partial charge in [-0.1, -0.05) is 26.0 Å². The molecular weight excluding hydrogens is 688 g/mol. The predicted octanol–water partition coefficient (Wildman–Crippen LogP) is 5.30. The second kappa shape index (κ2) is 17.5. The molecule has 2 aromatic heterocycles. The smallest absolute Gasteiger partial charge is 0.408 e. The Morgan fingerprint density at radius 2 is 1.93 bits per heavy atom. The van der Waals surface area contributed by atoms with Gasteiger partial charge in [0, 0.05) is 69.1 Å². The molecule has 3 aromatic rings. The number of hydrazine groups is 1. The summed E-state index contributed by atoms with van der Waals surface area (Å²) in [5, 5.41) is 14.2. The minimum absolute atomic E-state index is 0.0278. The summed E-state index contributed by atoms with van der Waals surface area (Å²) in [5.41, 5.74) is 11.9. The number of carbonyl (C=O) groups is 3. The Morgan fingerprint density at radius 3 is 2.59 bits per heavy atom. The largest absolute Gasteiger partial charge is 0.444 e. The van der Waals surface area contributed by atoms with Gasteiger partial charge in [0.15, 0.2) is 0 Å². The SMILES string of the molecule is CCn1c(-c2cccnc2[C@H](C)OC)c(CC(C)(C)CO)c2cc(C3=CCCN(C[C@H](NC(=O)OC(C)(C)C)C(=O)OC(=O)[C@@H]4CCCNN4)C3)ccc21. The molecule has 2 aliphatic rings. The van der Waals surface area contributed by atoms with Gasteiger partial charge in [-0.05, 0) is 107 Å². The van der Waals surface area contributed by atoms with Crippen molar-refractivity contribution in [1.82, 2.24) is 30.6 Å². The van der Waals surface area contributed by atoms with E-state index in [-0.39, 0.29) is 24.7 Å². The van der Waals surface area contributed by atoms with Gasteiger partial charge in [0.2, 0.25) is 0 Å². The van der Waals surface area contributed by atoms with Crippen LogP contribution in [0.25, 0.3) is 27.7 Å². The summed E-state index contributed by atoms with van der Waals surface area (Å²) >= 11 is 0. The number of methoxy groups -OCH3 is 1. The molecule has 0 bridgehead atoms. The van der Waals surface area contributed by atoms with Gasteiger partial charge in [0.05, 0.1) is 17.5 Å². The van der Waals surface area contributed by atoms with Crippen LogP contribution in [0.5, 0.6) is 0 Å². The van der Waals surface area contributed by atoms with Crippen molar-refractivity contribution in [3.8, 4) is 11.3 Å². The Bertz CT molecular complexity index is 1840. The van der Waals surface area contributed by atoms with Crippen molar-refractivity contribution in [2.45, 2.75) is 104 Å². The molecule has 0 aliphatic carbocycles.